The summed E-state index contributed by atoms with van der Waals surface area (Å²) in [5.74, 6) is 0.108. The van der Waals surface area contributed by atoms with Crippen molar-refractivity contribution in [3.05, 3.63) is 23.4 Å². The van der Waals surface area contributed by atoms with Crippen LogP contribution in [0.1, 0.15) is 24.1 Å². The highest BCUT2D eigenvalue weighted by Gasteiger charge is 2.34. The van der Waals surface area contributed by atoms with E-state index in [1.165, 1.54) is 6.07 Å². The molecule has 0 radical (unpaired) electrons. The third kappa shape index (κ3) is 3.02. The average Bonchev–Trinajstić information content (AvgIpc) is 2.45. The molecule has 0 aromatic carbocycles. The van der Waals surface area contributed by atoms with Crippen molar-refractivity contribution in [2.24, 2.45) is 0 Å². The Balaban J connectivity index is 2.28. The van der Waals surface area contributed by atoms with Gasteiger partial charge in [0.25, 0.3) is 0 Å². The lowest BCUT2D eigenvalue weighted by atomic mass is 10.1. The molecule has 0 N–H and O–H groups in total. The van der Waals surface area contributed by atoms with Crippen LogP contribution in [0.4, 0.5) is 19.0 Å². The van der Waals surface area contributed by atoms with Gasteiger partial charge in [0.2, 0.25) is 0 Å². The fraction of sp³-hybridized carbons (Fsp3) is 0.538. The molecule has 1 aliphatic rings. The quantitative estimate of drug-likeness (QED) is 0.838. The Kier molecular flexibility index (Phi) is 4.14. The molecule has 0 atom stereocenters. The predicted molar refractivity (Wildman–Crippen MR) is 66.2 cm³/mol. The van der Waals surface area contributed by atoms with Gasteiger partial charge < -0.3 is 9.64 Å². The van der Waals surface area contributed by atoms with E-state index in [4.69, 9.17) is 10.00 Å². The number of methoxy groups -OCH3 is 1. The molecule has 0 unspecified atom stereocenters. The third-order valence-electron chi connectivity index (χ3n) is 3.36. The van der Waals surface area contributed by atoms with E-state index in [1.54, 1.807) is 12.0 Å². The van der Waals surface area contributed by atoms with Crippen molar-refractivity contribution in [2.45, 2.75) is 25.1 Å². The van der Waals surface area contributed by atoms with Gasteiger partial charge in [0.1, 0.15) is 17.6 Å². The zero-order valence-corrected chi connectivity index (χ0v) is 10.9. The molecule has 108 valence electrons. The van der Waals surface area contributed by atoms with Crippen LogP contribution in [0.15, 0.2) is 12.1 Å². The number of aromatic nitrogens is 1. The van der Waals surface area contributed by atoms with Crippen LogP contribution in [0.25, 0.3) is 0 Å². The number of halogens is 3. The Morgan fingerprint density at radius 2 is 2.00 bits per heavy atom. The SMILES string of the molecule is COC1CCN(c2nc(C(F)(F)F)ccc2C#N)CC1. The van der Waals surface area contributed by atoms with Crippen molar-refractivity contribution < 1.29 is 17.9 Å². The highest BCUT2D eigenvalue weighted by atomic mass is 19.4. The fourth-order valence-corrected chi connectivity index (χ4v) is 2.24. The monoisotopic (exact) mass is 285 g/mol. The number of rotatable bonds is 2. The molecule has 1 aromatic rings. The van der Waals surface area contributed by atoms with Crippen molar-refractivity contribution in [3.63, 3.8) is 0 Å². The molecule has 0 saturated carbocycles. The van der Waals surface area contributed by atoms with Crippen LogP contribution < -0.4 is 4.90 Å². The molecule has 0 amide bonds. The van der Waals surface area contributed by atoms with Gasteiger partial charge in [0.05, 0.1) is 11.7 Å². The summed E-state index contributed by atoms with van der Waals surface area (Å²) in [5, 5.41) is 9.02. The van der Waals surface area contributed by atoms with Gasteiger partial charge in [-0.2, -0.15) is 18.4 Å². The summed E-state index contributed by atoms with van der Waals surface area (Å²) in [7, 11) is 1.61. The Labute approximate surface area is 114 Å². The molecule has 1 fully saturated rings. The van der Waals surface area contributed by atoms with E-state index in [9.17, 15) is 13.2 Å². The molecule has 1 aromatic heterocycles. The van der Waals surface area contributed by atoms with Crippen molar-refractivity contribution in [3.8, 4) is 6.07 Å². The summed E-state index contributed by atoms with van der Waals surface area (Å²) >= 11 is 0. The van der Waals surface area contributed by atoms with Gasteiger partial charge in [0.15, 0.2) is 0 Å². The Morgan fingerprint density at radius 3 is 2.50 bits per heavy atom. The zero-order valence-electron chi connectivity index (χ0n) is 10.9. The Hall–Kier alpha value is -1.81. The largest absolute Gasteiger partial charge is 0.433 e. The van der Waals surface area contributed by atoms with Crippen LogP contribution in [0, 0.1) is 11.3 Å². The van der Waals surface area contributed by atoms with E-state index in [2.05, 4.69) is 4.98 Å². The maximum atomic E-state index is 12.7. The van der Waals surface area contributed by atoms with Crippen LogP contribution in [-0.4, -0.2) is 31.3 Å². The molecule has 0 spiro atoms. The summed E-state index contributed by atoms with van der Waals surface area (Å²) in [5.41, 5.74) is -0.811. The predicted octanol–water partition coefficient (Wildman–Crippen LogP) is 2.59. The number of piperidine rings is 1. The van der Waals surface area contributed by atoms with E-state index in [-0.39, 0.29) is 17.5 Å². The number of nitrogens with zero attached hydrogens (tertiary/aromatic N) is 3. The lowest BCUT2D eigenvalue weighted by molar-refractivity contribution is -0.141. The zero-order chi connectivity index (χ0) is 14.8. The maximum absolute atomic E-state index is 12.7. The van der Waals surface area contributed by atoms with Gasteiger partial charge in [-0.15, -0.1) is 0 Å². The topological polar surface area (TPSA) is 49.1 Å². The summed E-state index contributed by atoms with van der Waals surface area (Å²) in [6, 6.07) is 3.91. The minimum atomic E-state index is -4.51. The summed E-state index contributed by atoms with van der Waals surface area (Å²) in [4.78, 5) is 5.34. The fourth-order valence-electron chi connectivity index (χ4n) is 2.24. The molecule has 0 aliphatic carbocycles. The Morgan fingerprint density at radius 1 is 1.35 bits per heavy atom. The lowest BCUT2D eigenvalue weighted by Crippen LogP contribution is -2.37. The normalized spacial score (nSPS) is 17.1. The highest BCUT2D eigenvalue weighted by molar-refractivity contribution is 5.54. The molecule has 20 heavy (non-hydrogen) atoms. The number of nitriles is 1. The van der Waals surface area contributed by atoms with E-state index < -0.39 is 11.9 Å². The molecule has 0 bridgehead atoms. The third-order valence-corrected chi connectivity index (χ3v) is 3.36. The molecule has 2 heterocycles. The highest BCUT2D eigenvalue weighted by Crippen LogP contribution is 2.31. The molecular formula is C13H14F3N3O. The molecule has 2 rings (SSSR count). The standard InChI is InChI=1S/C13H14F3N3O/c1-20-10-4-6-19(7-5-10)12-9(8-17)2-3-11(18-12)13(14,15)16/h2-3,10H,4-7H2,1H3. The first-order valence-electron chi connectivity index (χ1n) is 6.21. The van der Waals surface area contributed by atoms with Crippen molar-refractivity contribution >= 4 is 5.82 Å². The number of alkyl halides is 3. The summed E-state index contributed by atoms with van der Waals surface area (Å²) in [6.45, 7) is 1.06. The van der Waals surface area contributed by atoms with E-state index in [0.29, 0.717) is 25.9 Å². The second kappa shape index (κ2) is 5.67. The number of pyridine rings is 1. The van der Waals surface area contributed by atoms with Gasteiger partial charge in [-0.3, -0.25) is 0 Å². The van der Waals surface area contributed by atoms with Crippen molar-refractivity contribution in [2.75, 3.05) is 25.1 Å². The van der Waals surface area contributed by atoms with Gasteiger partial charge in [0, 0.05) is 20.2 Å². The lowest BCUT2D eigenvalue weighted by Gasteiger charge is -2.32. The minimum absolute atomic E-state index is 0.108. The Bertz CT molecular complexity index is 517. The maximum Gasteiger partial charge on any atom is 0.433 e. The molecule has 1 saturated heterocycles. The first-order chi connectivity index (χ1) is 9.45. The van der Waals surface area contributed by atoms with E-state index in [0.717, 1.165) is 6.07 Å². The van der Waals surface area contributed by atoms with Crippen LogP contribution in [0.3, 0.4) is 0 Å². The van der Waals surface area contributed by atoms with Gasteiger partial charge in [-0.05, 0) is 25.0 Å². The number of hydrogen-bond donors (Lipinski definition) is 0. The van der Waals surface area contributed by atoms with Crippen molar-refractivity contribution in [1.82, 2.24) is 4.98 Å². The first-order valence-corrected chi connectivity index (χ1v) is 6.21. The summed E-state index contributed by atoms with van der Waals surface area (Å²) < 4.78 is 43.3. The second-order valence-corrected chi connectivity index (χ2v) is 4.60. The van der Waals surface area contributed by atoms with Gasteiger partial charge in [-0.1, -0.05) is 0 Å². The molecule has 1 aliphatic heterocycles. The number of anilines is 1. The first kappa shape index (κ1) is 14.6. The van der Waals surface area contributed by atoms with E-state index in [1.807, 2.05) is 6.07 Å². The van der Waals surface area contributed by atoms with Crippen LogP contribution in [-0.2, 0) is 10.9 Å². The van der Waals surface area contributed by atoms with Crippen LogP contribution in [0.2, 0.25) is 0 Å². The second-order valence-electron chi connectivity index (χ2n) is 4.60. The average molecular weight is 285 g/mol. The smallest absolute Gasteiger partial charge is 0.381 e. The summed E-state index contributed by atoms with van der Waals surface area (Å²) in [6.07, 6.45) is -2.98. The molecule has 4 nitrogen and oxygen atoms in total. The number of hydrogen-bond acceptors (Lipinski definition) is 4. The number of ether oxygens (including phenoxy) is 1. The minimum Gasteiger partial charge on any atom is -0.381 e. The van der Waals surface area contributed by atoms with Gasteiger partial charge >= 0.3 is 6.18 Å². The molecule has 7 heteroatoms. The van der Waals surface area contributed by atoms with E-state index >= 15 is 0 Å². The van der Waals surface area contributed by atoms with Crippen molar-refractivity contribution in [1.29, 1.82) is 5.26 Å². The van der Waals surface area contributed by atoms with Crippen LogP contribution >= 0.6 is 0 Å². The molecular weight excluding hydrogens is 271 g/mol. The van der Waals surface area contributed by atoms with Crippen LogP contribution in [0.5, 0.6) is 0 Å². The van der Waals surface area contributed by atoms with Gasteiger partial charge in [-0.25, -0.2) is 4.98 Å².